The molecule has 4 nitrogen and oxygen atoms in total. The van der Waals surface area contributed by atoms with E-state index in [1.54, 1.807) is 36.5 Å². The number of nitrogens with one attached hydrogen (secondary N) is 2. The average molecular weight is 372 g/mol. The van der Waals surface area contributed by atoms with Crippen LogP contribution in [0.3, 0.4) is 0 Å². The molecule has 2 N–H and O–H groups in total. The summed E-state index contributed by atoms with van der Waals surface area (Å²) >= 11 is 12.1. The Hall–Kier alpha value is -2.56. The first-order chi connectivity index (χ1) is 12.1. The van der Waals surface area contributed by atoms with Gasteiger partial charge in [-0.1, -0.05) is 59.6 Å². The molecule has 3 rings (SSSR count). The molecule has 6 heteroatoms. The molecule has 0 aliphatic heterocycles. The lowest BCUT2D eigenvalue weighted by atomic mass is 10.2. The van der Waals surface area contributed by atoms with E-state index in [0.717, 1.165) is 5.56 Å². The number of benzene rings is 2. The van der Waals surface area contributed by atoms with Crippen molar-refractivity contribution in [2.45, 2.75) is 6.54 Å². The fourth-order valence-electron chi connectivity index (χ4n) is 2.25. The Morgan fingerprint density at radius 1 is 1.00 bits per heavy atom. The molecule has 0 unspecified atom stereocenters. The van der Waals surface area contributed by atoms with Gasteiger partial charge in [0.15, 0.2) is 0 Å². The number of anilines is 2. The van der Waals surface area contributed by atoms with E-state index in [-0.39, 0.29) is 5.91 Å². The predicted octanol–water partition coefficient (Wildman–Crippen LogP) is 5.25. The highest BCUT2D eigenvalue weighted by Crippen LogP contribution is 2.29. The Kier molecular flexibility index (Phi) is 5.53. The molecule has 1 amide bonds. The first kappa shape index (κ1) is 17.3. The maximum atomic E-state index is 12.4. The Morgan fingerprint density at radius 3 is 2.60 bits per heavy atom. The molecule has 126 valence electrons. The first-order valence-electron chi connectivity index (χ1n) is 7.63. The summed E-state index contributed by atoms with van der Waals surface area (Å²) in [6.45, 7) is 0.624. The largest absolute Gasteiger partial charge is 0.366 e. The summed E-state index contributed by atoms with van der Waals surface area (Å²) in [5.41, 5.74) is 2.07. The van der Waals surface area contributed by atoms with Crippen molar-refractivity contribution in [3.63, 3.8) is 0 Å². The maximum Gasteiger partial charge on any atom is 0.255 e. The van der Waals surface area contributed by atoms with Gasteiger partial charge in [-0.05, 0) is 29.8 Å². The first-order valence-corrected chi connectivity index (χ1v) is 8.38. The quantitative estimate of drug-likeness (QED) is 0.643. The van der Waals surface area contributed by atoms with E-state index in [1.165, 1.54) is 0 Å². The van der Waals surface area contributed by atoms with Crippen LogP contribution in [0.4, 0.5) is 11.5 Å². The Balaban J connectivity index is 1.70. The highest BCUT2D eigenvalue weighted by molar-refractivity contribution is 6.44. The molecule has 0 fully saturated rings. The van der Waals surface area contributed by atoms with Gasteiger partial charge in [0.2, 0.25) is 0 Å². The summed E-state index contributed by atoms with van der Waals surface area (Å²) in [5.74, 6) is 0.336. The van der Waals surface area contributed by atoms with Gasteiger partial charge in [-0.2, -0.15) is 0 Å². The summed E-state index contributed by atoms with van der Waals surface area (Å²) in [5, 5.41) is 6.66. The third-order valence-electron chi connectivity index (χ3n) is 3.54. The van der Waals surface area contributed by atoms with Gasteiger partial charge >= 0.3 is 0 Å². The zero-order chi connectivity index (χ0) is 17.6. The summed E-state index contributed by atoms with van der Waals surface area (Å²) in [6.07, 6.45) is 1.59. The van der Waals surface area contributed by atoms with Crippen LogP contribution in [0.1, 0.15) is 15.9 Å². The van der Waals surface area contributed by atoms with Crippen molar-refractivity contribution in [2.75, 3.05) is 10.6 Å². The van der Waals surface area contributed by atoms with Crippen molar-refractivity contribution in [3.8, 4) is 0 Å². The van der Waals surface area contributed by atoms with Gasteiger partial charge in [0.25, 0.3) is 5.91 Å². The second-order valence-electron chi connectivity index (χ2n) is 5.32. The van der Waals surface area contributed by atoms with Gasteiger partial charge in [0.1, 0.15) is 5.82 Å². The van der Waals surface area contributed by atoms with Gasteiger partial charge in [0, 0.05) is 18.3 Å². The number of aromatic nitrogens is 1. The molecular weight excluding hydrogens is 357 g/mol. The minimum atomic E-state index is -0.283. The number of carbonyl (C=O) groups is 1. The van der Waals surface area contributed by atoms with Gasteiger partial charge in [0.05, 0.1) is 15.7 Å². The molecule has 0 aliphatic rings. The van der Waals surface area contributed by atoms with Crippen LogP contribution in [0.15, 0.2) is 66.9 Å². The SMILES string of the molecule is O=C(Nc1cccc(Cl)c1Cl)c1ccnc(NCc2ccccc2)c1. The molecule has 0 spiro atoms. The summed E-state index contributed by atoms with van der Waals surface area (Å²) in [7, 11) is 0. The summed E-state index contributed by atoms with van der Waals surface area (Å²) in [6, 6.07) is 18.4. The van der Waals surface area contributed by atoms with Crippen molar-refractivity contribution in [3.05, 3.63) is 88.0 Å². The molecule has 0 radical (unpaired) electrons. The maximum absolute atomic E-state index is 12.4. The monoisotopic (exact) mass is 371 g/mol. The molecule has 0 saturated heterocycles. The number of rotatable bonds is 5. The highest BCUT2D eigenvalue weighted by atomic mass is 35.5. The number of pyridine rings is 1. The van der Waals surface area contributed by atoms with E-state index in [2.05, 4.69) is 15.6 Å². The van der Waals surface area contributed by atoms with Gasteiger partial charge in [-0.15, -0.1) is 0 Å². The van der Waals surface area contributed by atoms with Gasteiger partial charge in [-0.25, -0.2) is 4.98 Å². The zero-order valence-electron chi connectivity index (χ0n) is 13.2. The lowest BCUT2D eigenvalue weighted by molar-refractivity contribution is 0.102. The smallest absolute Gasteiger partial charge is 0.255 e. The second kappa shape index (κ2) is 8.01. The summed E-state index contributed by atoms with van der Waals surface area (Å²) < 4.78 is 0. The van der Waals surface area contributed by atoms with E-state index >= 15 is 0 Å². The van der Waals surface area contributed by atoms with Crippen molar-refractivity contribution in [2.24, 2.45) is 0 Å². The van der Waals surface area contributed by atoms with Crippen molar-refractivity contribution >= 4 is 40.6 Å². The fourth-order valence-corrected chi connectivity index (χ4v) is 2.60. The number of carbonyl (C=O) groups excluding carboxylic acids is 1. The molecule has 0 bridgehead atoms. The Bertz CT molecular complexity index is 885. The van der Waals surface area contributed by atoms with Crippen LogP contribution in [0.25, 0.3) is 0 Å². The topological polar surface area (TPSA) is 54.0 Å². The number of amides is 1. The van der Waals surface area contributed by atoms with E-state index in [0.29, 0.717) is 33.7 Å². The third kappa shape index (κ3) is 4.50. The Morgan fingerprint density at radius 2 is 1.80 bits per heavy atom. The molecular formula is C19H15Cl2N3O. The summed E-state index contributed by atoms with van der Waals surface area (Å²) in [4.78, 5) is 16.7. The highest BCUT2D eigenvalue weighted by Gasteiger charge is 2.11. The van der Waals surface area contributed by atoms with E-state index in [1.807, 2.05) is 30.3 Å². The molecule has 2 aromatic carbocycles. The van der Waals surface area contributed by atoms with Gasteiger partial charge in [-0.3, -0.25) is 4.79 Å². The van der Waals surface area contributed by atoms with Crippen LogP contribution in [0, 0.1) is 0 Å². The van der Waals surface area contributed by atoms with Crippen LogP contribution in [-0.2, 0) is 6.54 Å². The van der Waals surface area contributed by atoms with E-state index in [9.17, 15) is 4.79 Å². The second-order valence-corrected chi connectivity index (χ2v) is 6.11. The van der Waals surface area contributed by atoms with Crippen LogP contribution in [0.2, 0.25) is 10.0 Å². The molecule has 0 saturated carbocycles. The average Bonchev–Trinajstić information content (AvgIpc) is 2.65. The Labute approximate surface area is 155 Å². The predicted molar refractivity (Wildman–Crippen MR) is 102 cm³/mol. The van der Waals surface area contributed by atoms with Gasteiger partial charge < -0.3 is 10.6 Å². The minimum Gasteiger partial charge on any atom is -0.366 e. The lowest BCUT2D eigenvalue weighted by Crippen LogP contribution is -2.13. The molecule has 1 aromatic heterocycles. The number of hydrogen-bond acceptors (Lipinski definition) is 3. The molecule has 25 heavy (non-hydrogen) atoms. The standard InChI is InChI=1S/C19H15Cl2N3O/c20-15-7-4-8-16(18(15)21)24-19(25)14-9-10-22-17(11-14)23-12-13-5-2-1-3-6-13/h1-11H,12H2,(H,22,23)(H,24,25). The van der Waals surface area contributed by atoms with E-state index < -0.39 is 0 Å². The van der Waals surface area contributed by atoms with Crippen molar-refractivity contribution in [1.29, 1.82) is 0 Å². The molecule has 3 aromatic rings. The fraction of sp³-hybridized carbons (Fsp3) is 0.0526. The van der Waals surface area contributed by atoms with Crippen molar-refractivity contribution in [1.82, 2.24) is 4.98 Å². The van der Waals surface area contributed by atoms with Crippen molar-refractivity contribution < 1.29 is 4.79 Å². The molecule has 1 heterocycles. The van der Waals surface area contributed by atoms with Crippen LogP contribution >= 0.6 is 23.2 Å². The zero-order valence-corrected chi connectivity index (χ0v) is 14.7. The van der Waals surface area contributed by atoms with Crippen LogP contribution in [-0.4, -0.2) is 10.9 Å². The number of hydrogen-bond donors (Lipinski definition) is 2. The third-order valence-corrected chi connectivity index (χ3v) is 4.36. The number of halogens is 2. The minimum absolute atomic E-state index is 0.283. The van der Waals surface area contributed by atoms with E-state index in [4.69, 9.17) is 23.2 Å². The van der Waals surface area contributed by atoms with Crippen LogP contribution < -0.4 is 10.6 Å². The molecule has 0 aliphatic carbocycles. The lowest BCUT2D eigenvalue weighted by Gasteiger charge is -2.10. The normalized spacial score (nSPS) is 10.3. The number of nitrogens with zero attached hydrogens (tertiary/aromatic N) is 1. The molecule has 0 atom stereocenters. The van der Waals surface area contributed by atoms with Crippen LogP contribution in [0.5, 0.6) is 0 Å².